The molecule has 0 unspecified atom stereocenters. The molecular formula is C14H20N2O4. The zero-order valence-electron chi connectivity index (χ0n) is 12.7. The van der Waals surface area contributed by atoms with E-state index in [4.69, 9.17) is 14.2 Å². The predicted octanol–water partition coefficient (Wildman–Crippen LogP) is 1.83. The van der Waals surface area contributed by atoms with E-state index >= 15 is 0 Å². The summed E-state index contributed by atoms with van der Waals surface area (Å²) in [5.74, 6) is 1.54. The van der Waals surface area contributed by atoms with Crippen molar-refractivity contribution in [2.75, 3.05) is 35.4 Å². The average molecular weight is 280 g/mol. The first-order chi connectivity index (χ1) is 9.44. The number of hydrogen-bond donors (Lipinski definition) is 0. The molecule has 1 aromatic rings. The molecule has 6 nitrogen and oxygen atoms in total. The van der Waals surface area contributed by atoms with Crippen molar-refractivity contribution in [1.82, 2.24) is 4.90 Å². The molecule has 0 saturated carbocycles. The van der Waals surface area contributed by atoms with Gasteiger partial charge in [-0.25, -0.2) is 0 Å². The summed E-state index contributed by atoms with van der Waals surface area (Å²) < 4.78 is 15.6. The van der Waals surface area contributed by atoms with Crippen LogP contribution in [0.1, 0.15) is 17.3 Å². The topological polar surface area (TPSA) is 60.4 Å². The van der Waals surface area contributed by atoms with Gasteiger partial charge in [0.1, 0.15) is 5.84 Å². The quantitative estimate of drug-likeness (QED) is 0.622. The zero-order valence-corrected chi connectivity index (χ0v) is 12.7. The summed E-state index contributed by atoms with van der Waals surface area (Å²) in [6.45, 7) is 1.76. The van der Waals surface area contributed by atoms with E-state index in [0.717, 1.165) is 0 Å². The smallest absolute Gasteiger partial charge is 0.278 e. The van der Waals surface area contributed by atoms with Crippen LogP contribution < -0.4 is 14.2 Å². The van der Waals surface area contributed by atoms with Gasteiger partial charge in [-0.2, -0.15) is 4.99 Å². The van der Waals surface area contributed by atoms with Gasteiger partial charge in [-0.3, -0.25) is 4.79 Å². The van der Waals surface area contributed by atoms with Crippen molar-refractivity contribution in [3.8, 4) is 17.2 Å². The fraction of sp³-hybridized carbons (Fsp3) is 0.429. The SMILES string of the molecule is COc1cc(C(=O)N=C(C)N(C)C)cc(OC)c1OC. The Morgan fingerprint density at radius 3 is 1.90 bits per heavy atom. The van der Waals surface area contributed by atoms with Crippen LogP contribution in [-0.4, -0.2) is 52.1 Å². The molecule has 1 rings (SSSR count). The Kier molecular flexibility index (Phi) is 5.37. The van der Waals surface area contributed by atoms with Gasteiger partial charge in [-0.15, -0.1) is 0 Å². The second kappa shape index (κ2) is 6.79. The summed E-state index contributed by atoms with van der Waals surface area (Å²) in [6.07, 6.45) is 0. The second-order valence-electron chi connectivity index (χ2n) is 4.27. The van der Waals surface area contributed by atoms with Crippen LogP contribution in [-0.2, 0) is 0 Å². The highest BCUT2D eigenvalue weighted by atomic mass is 16.5. The first-order valence-corrected chi connectivity index (χ1v) is 6.01. The van der Waals surface area contributed by atoms with Gasteiger partial charge < -0.3 is 19.1 Å². The summed E-state index contributed by atoms with van der Waals surface area (Å²) in [7, 11) is 8.15. The maximum Gasteiger partial charge on any atom is 0.278 e. The molecule has 0 aliphatic carbocycles. The first kappa shape index (κ1) is 15.8. The van der Waals surface area contributed by atoms with Crippen molar-refractivity contribution < 1.29 is 19.0 Å². The highest BCUT2D eigenvalue weighted by Gasteiger charge is 2.16. The van der Waals surface area contributed by atoms with E-state index in [-0.39, 0.29) is 5.91 Å². The highest BCUT2D eigenvalue weighted by molar-refractivity contribution is 6.03. The molecule has 0 saturated heterocycles. The fourth-order valence-electron chi connectivity index (χ4n) is 1.52. The number of amides is 1. The standard InChI is InChI=1S/C14H20N2O4/c1-9(16(2)3)15-14(17)10-7-11(18-4)13(20-6)12(8-10)19-5/h7-8H,1-6H3. The Labute approximate surface area is 119 Å². The molecule has 0 fully saturated rings. The van der Waals surface area contributed by atoms with Gasteiger partial charge in [-0.1, -0.05) is 0 Å². The maximum atomic E-state index is 12.1. The van der Waals surface area contributed by atoms with Crippen LogP contribution in [0, 0.1) is 0 Å². The van der Waals surface area contributed by atoms with Crippen molar-refractivity contribution >= 4 is 11.7 Å². The number of benzene rings is 1. The largest absolute Gasteiger partial charge is 0.493 e. The summed E-state index contributed by atoms with van der Waals surface area (Å²) in [6, 6.07) is 3.16. The number of rotatable bonds is 4. The van der Waals surface area contributed by atoms with Crippen LogP contribution in [0.4, 0.5) is 0 Å². The van der Waals surface area contributed by atoms with Crippen molar-refractivity contribution in [3.63, 3.8) is 0 Å². The molecule has 6 heteroatoms. The fourth-order valence-corrected chi connectivity index (χ4v) is 1.52. The molecular weight excluding hydrogens is 260 g/mol. The third-order valence-corrected chi connectivity index (χ3v) is 2.82. The Hall–Kier alpha value is -2.24. The van der Waals surface area contributed by atoms with Gasteiger partial charge in [0.2, 0.25) is 5.75 Å². The number of methoxy groups -OCH3 is 3. The maximum absolute atomic E-state index is 12.1. The van der Waals surface area contributed by atoms with E-state index < -0.39 is 0 Å². The minimum absolute atomic E-state index is 0.365. The third kappa shape index (κ3) is 3.40. The van der Waals surface area contributed by atoms with Crippen LogP contribution in [0.5, 0.6) is 17.2 Å². The number of hydrogen-bond acceptors (Lipinski definition) is 4. The summed E-state index contributed by atoms with van der Waals surface area (Å²) in [4.78, 5) is 17.9. The van der Waals surface area contributed by atoms with Crippen LogP contribution in [0.15, 0.2) is 17.1 Å². The molecule has 20 heavy (non-hydrogen) atoms. The van der Waals surface area contributed by atoms with E-state index in [1.165, 1.54) is 21.3 Å². The van der Waals surface area contributed by atoms with Crippen LogP contribution in [0.2, 0.25) is 0 Å². The van der Waals surface area contributed by atoms with E-state index in [1.54, 1.807) is 24.0 Å². The molecule has 0 heterocycles. The van der Waals surface area contributed by atoms with Crippen LogP contribution in [0.3, 0.4) is 0 Å². The molecule has 0 bridgehead atoms. The van der Waals surface area contributed by atoms with Gasteiger partial charge in [0.15, 0.2) is 11.5 Å². The van der Waals surface area contributed by atoms with Crippen molar-refractivity contribution in [2.45, 2.75) is 6.92 Å². The van der Waals surface area contributed by atoms with Gasteiger partial charge in [0.05, 0.1) is 21.3 Å². The van der Waals surface area contributed by atoms with E-state index in [9.17, 15) is 4.79 Å². The van der Waals surface area contributed by atoms with Gasteiger partial charge in [0.25, 0.3) is 5.91 Å². The molecule has 0 aliphatic heterocycles. The molecule has 110 valence electrons. The average Bonchev–Trinajstić information content (AvgIpc) is 2.45. The normalized spacial score (nSPS) is 11.0. The Balaban J connectivity index is 3.26. The van der Waals surface area contributed by atoms with E-state index in [2.05, 4.69) is 4.99 Å². The molecule has 1 amide bonds. The first-order valence-electron chi connectivity index (χ1n) is 6.01. The number of aliphatic imine (C=N–C) groups is 1. The predicted molar refractivity (Wildman–Crippen MR) is 77.2 cm³/mol. The number of ether oxygens (including phenoxy) is 3. The lowest BCUT2D eigenvalue weighted by Crippen LogP contribution is -2.19. The Morgan fingerprint density at radius 2 is 1.55 bits per heavy atom. The summed E-state index contributed by atoms with van der Waals surface area (Å²) in [5.41, 5.74) is 0.376. The number of carbonyl (C=O) groups is 1. The summed E-state index contributed by atoms with van der Waals surface area (Å²) in [5, 5.41) is 0. The number of carbonyl (C=O) groups excluding carboxylic acids is 1. The monoisotopic (exact) mass is 280 g/mol. The summed E-state index contributed by atoms with van der Waals surface area (Å²) >= 11 is 0. The zero-order chi connectivity index (χ0) is 15.3. The molecule has 0 N–H and O–H groups in total. The minimum Gasteiger partial charge on any atom is -0.493 e. The Bertz CT molecular complexity index is 499. The van der Waals surface area contributed by atoms with Crippen molar-refractivity contribution in [1.29, 1.82) is 0 Å². The van der Waals surface area contributed by atoms with E-state index in [1.807, 2.05) is 14.1 Å². The molecule has 0 spiro atoms. The Morgan fingerprint density at radius 1 is 1.05 bits per heavy atom. The van der Waals surface area contributed by atoms with Gasteiger partial charge >= 0.3 is 0 Å². The van der Waals surface area contributed by atoms with E-state index in [0.29, 0.717) is 28.6 Å². The van der Waals surface area contributed by atoms with Crippen LogP contribution in [0.25, 0.3) is 0 Å². The second-order valence-corrected chi connectivity index (χ2v) is 4.27. The van der Waals surface area contributed by atoms with Crippen LogP contribution >= 0.6 is 0 Å². The van der Waals surface area contributed by atoms with Crippen molar-refractivity contribution in [2.24, 2.45) is 4.99 Å². The number of nitrogens with zero attached hydrogens (tertiary/aromatic N) is 2. The third-order valence-electron chi connectivity index (χ3n) is 2.82. The molecule has 0 radical (unpaired) electrons. The minimum atomic E-state index is -0.365. The van der Waals surface area contributed by atoms with Gasteiger partial charge in [0, 0.05) is 19.7 Å². The molecule has 0 aliphatic rings. The highest BCUT2D eigenvalue weighted by Crippen LogP contribution is 2.38. The lowest BCUT2D eigenvalue weighted by molar-refractivity contribution is 0.100. The van der Waals surface area contributed by atoms with Crippen molar-refractivity contribution in [3.05, 3.63) is 17.7 Å². The molecule has 0 atom stereocenters. The molecule has 0 aromatic heterocycles. The molecule has 1 aromatic carbocycles. The lowest BCUT2D eigenvalue weighted by atomic mass is 10.1. The van der Waals surface area contributed by atoms with Gasteiger partial charge in [-0.05, 0) is 19.1 Å². The number of amidine groups is 1. The lowest BCUT2D eigenvalue weighted by Gasteiger charge is -2.14.